The van der Waals surface area contributed by atoms with Crippen molar-refractivity contribution >= 4 is 22.7 Å². The van der Waals surface area contributed by atoms with Crippen molar-refractivity contribution in [3.05, 3.63) is 47.2 Å². The number of nitrogens with one attached hydrogen (secondary N) is 1. The lowest BCUT2D eigenvalue weighted by Crippen LogP contribution is -2.52. The third-order valence-corrected chi connectivity index (χ3v) is 7.26. The standard InChI is InChI=1S/C25H31N3O3/c26-24(29)21-8-4-7-20-19-10-9-16(15-22(19)27-23(20)21)25(30)28(17-5-2-1-3-6-17)18-11-13-31-14-12-18/h2,4-5,7-8,16-18,27H,1,3,6,9-15H2,(H2,26,29). The van der Waals surface area contributed by atoms with Crippen molar-refractivity contribution in [1.29, 1.82) is 0 Å². The summed E-state index contributed by atoms with van der Waals surface area (Å²) in [5.74, 6) is -0.176. The van der Waals surface area contributed by atoms with E-state index in [0.29, 0.717) is 12.0 Å². The Morgan fingerprint density at radius 2 is 1.97 bits per heavy atom. The molecule has 2 aromatic rings. The van der Waals surface area contributed by atoms with E-state index in [-0.39, 0.29) is 23.9 Å². The number of rotatable bonds is 4. The van der Waals surface area contributed by atoms with Crippen molar-refractivity contribution in [2.24, 2.45) is 11.7 Å². The number of nitrogens with two attached hydrogens (primary N) is 1. The number of aromatic nitrogens is 1. The van der Waals surface area contributed by atoms with Gasteiger partial charge < -0.3 is 20.4 Å². The maximum Gasteiger partial charge on any atom is 0.250 e. The topological polar surface area (TPSA) is 88.4 Å². The fraction of sp³-hybridized carbons (Fsp3) is 0.520. The molecule has 2 amide bonds. The molecule has 0 radical (unpaired) electrons. The number of amides is 2. The van der Waals surface area contributed by atoms with Crippen LogP contribution in [0.2, 0.25) is 0 Å². The van der Waals surface area contributed by atoms with Crippen LogP contribution in [0, 0.1) is 5.92 Å². The first-order valence-electron chi connectivity index (χ1n) is 11.6. The number of hydrogen-bond acceptors (Lipinski definition) is 3. The highest BCUT2D eigenvalue weighted by molar-refractivity contribution is 6.06. The first kappa shape index (κ1) is 20.3. The van der Waals surface area contributed by atoms with Crippen molar-refractivity contribution in [1.82, 2.24) is 9.88 Å². The van der Waals surface area contributed by atoms with Gasteiger partial charge in [0.15, 0.2) is 0 Å². The van der Waals surface area contributed by atoms with E-state index >= 15 is 0 Å². The number of aryl methyl sites for hydroxylation is 1. The third kappa shape index (κ3) is 3.78. The van der Waals surface area contributed by atoms with Gasteiger partial charge in [0.25, 0.3) is 5.91 Å². The number of carbonyl (C=O) groups is 2. The molecule has 0 bridgehead atoms. The number of aromatic amines is 1. The van der Waals surface area contributed by atoms with Crippen molar-refractivity contribution in [3.63, 3.8) is 0 Å². The summed E-state index contributed by atoms with van der Waals surface area (Å²) in [5, 5.41) is 1.06. The Kier molecular flexibility index (Phi) is 5.57. The van der Waals surface area contributed by atoms with Crippen LogP contribution in [-0.4, -0.2) is 47.0 Å². The first-order chi connectivity index (χ1) is 15.1. The molecule has 1 aromatic heterocycles. The number of hydrogen-bond donors (Lipinski definition) is 2. The SMILES string of the molecule is NC(=O)c1cccc2c3c([nH]c12)CC(C(=O)N(C1C=CCCC1)C1CCOCC1)CC3. The third-order valence-electron chi connectivity index (χ3n) is 7.26. The second-order valence-corrected chi connectivity index (χ2v) is 9.13. The van der Waals surface area contributed by atoms with Gasteiger partial charge >= 0.3 is 0 Å². The van der Waals surface area contributed by atoms with E-state index in [1.54, 1.807) is 6.07 Å². The fourth-order valence-corrected chi connectivity index (χ4v) is 5.68. The first-order valence-corrected chi connectivity index (χ1v) is 11.6. The van der Waals surface area contributed by atoms with E-state index in [0.717, 1.165) is 74.8 Å². The molecule has 164 valence electrons. The second kappa shape index (κ2) is 8.50. The minimum Gasteiger partial charge on any atom is -0.381 e. The summed E-state index contributed by atoms with van der Waals surface area (Å²) in [6, 6.07) is 6.16. The fourth-order valence-electron chi connectivity index (χ4n) is 5.68. The minimum absolute atomic E-state index is 0.0317. The van der Waals surface area contributed by atoms with Crippen LogP contribution in [0.3, 0.4) is 0 Å². The Morgan fingerprint density at radius 3 is 2.71 bits per heavy atom. The summed E-state index contributed by atoms with van der Waals surface area (Å²) in [6.45, 7) is 1.47. The van der Waals surface area contributed by atoms with Gasteiger partial charge in [-0.1, -0.05) is 24.3 Å². The quantitative estimate of drug-likeness (QED) is 0.741. The van der Waals surface area contributed by atoms with Gasteiger partial charge in [0.2, 0.25) is 5.91 Å². The van der Waals surface area contributed by atoms with E-state index in [1.165, 1.54) is 5.56 Å². The molecule has 2 aliphatic carbocycles. The summed E-state index contributed by atoms with van der Waals surface area (Å²) in [6.07, 6.45) is 12.0. The highest BCUT2D eigenvalue weighted by Gasteiger charge is 2.37. The Balaban J connectivity index is 1.43. The Bertz CT molecular complexity index is 1020. The van der Waals surface area contributed by atoms with Crippen LogP contribution in [0.4, 0.5) is 0 Å². The van der Waals surface area contributed by atoms with Crippen LogP contribution in [0.25, 0.3) is 10.9 Å². The highest BCUT2D eigenvalue weighted by atomic mass is 16.5. The number of allylic oxidation sites excluding steroid dienone is 1. The lowest BCUT2D eigenvalue weighted by molar-refractivity contribution is -0.142. The average molecular weight is 422 g/mol. The number of nitrogens with zero attached hydrogens (tertiary/aromatic N) is 1. The molecule has 6 heteroatoms. The Morgan fingerprint density at radius 1 is 1.13 bits per heavy atom. The summed E-state index contributed by atoms with van der Waals surface area (Å²) < 4.78 is 5.57. The lowest BCUT2D eigenvalue weighted by Gasteiger charge is -2.42. The summed E-state index contributed by atoms with van der Waals surface area (Å²) in [7, 11) is 0. The van der Waals surface area contributed by atoms with Crippen molar-refractivity contribution in [2.45, 2.75) is 63.5 Å². The molecule has 0 spiro atoms. The van der Waals surface area contributed by atoms with Crippen molar-refractivity contribution in [2.75, 3.05) is 13.2 Å². The molecule has 1 aromatic carbocycles. The minimum atomic E-state index is -0.424. The normalized spacial score (nSPS) is 24.1. The number of H-pyrrole nitrogens is 1. The molecule has 2 unspecified atom stereocenters. The molecule has 0 saturated carbocycles. The van der Waals surface area contributed by atoms with Gasteiger partial charge in [-0.05, 0) is 63.0 Å². The zero-order chi connectivity index (χ0) is 21.4. The summed E-state index contributed by atoms with van der Waals surface area (Å²) in [4.78, 5) is 31.4. The van der Waals surface area contributed by atoms with Gasteiger partial charge in [-0.15, -0.1) is 0 Å². The summed E-state index contributed by atoms with van der Waals surface area (Å²) in [5.41, 5.74) is 9.23. The zero-order valence-electron chi connectivity index (χ0n) is 17.9. The molecular weight excluding hydrogens is 390 g/mol. The largest absolute Gasteiger partial charge is 0.381 e. The average Bonchev–Trinajstić information content (AvgIpc) is 3.18. The van der Waals surface area contributed by atoms with E-state index in [2.05, 4.69) is 22.0 Å². The van der Waals surface area contributed by atoms with Crippen LogP contribution in [0.15, 0.2) is 30.4 Å². The highest BCUT2D eigenvalue weighted by Crippen LogP contribution is 2.35. The van der Waals surface area contributed by atoms with Crippen LogP contribution in [0.1, 0.15) is 60.1 Å². The molecule has 1 fully saturated rings. The lowest BCUT2D eigenvalue weighted by atomic mass is 9.84. The van der Waals surface area contributed by atoms with Gasteiger partial charge in [-0.3, -0.25) is 9.59 Å². The molecule has 5 rings (SSSR count). The van der Waals surface area contributed by atoms with Crippen LogP contribution < -0.4 is 5.73 Å². The second-order valence-electron chi connectivity index (χ2n) is 9.13. The van der Waals surface area contributed by atoms with Gasteiger partial charge in [-0.2, -0.15) is 0 Å². The smallest absolute Gasteiger partial charge is 0.250 e. The van der Waals surface area contributed by atoms with E-state index in [4.69, 9.17) is 10.5 Å². The molecule has 31 heavy (non-hydrogen) atoms. The van der Waals surface area contributed by atoms with Crippen molar-refractivity contribution < 1.29 is 14.3 Å². The molecule has 6 nitrogen and oxygen atoms in total. The number of ether oxygens (including phenoxy) is 1. The van der Waals surface area contributed by atoms with Gasteiger partial charge in [0.05, 0.1) is 17.1 Å². The van der Waals surface area contributed by atoms with Gasteiger partial charge in [0.1, 0.15) is 0 Å². The monoisotopic (exact) mass is 421 g/mol. The molecule has 2 heterocycles. The maximum atomic E-state index is 13.9. The zero-order valence-corrected chi connectivity index (χ0v) is 17.9. The number of para-hydroxylation sites is 1. The molecule has 3 aliphatic rings. The number of fused-ring (bicyclic) bond motifs is 3. The number of benzene rings is 1. The van der Waals surface area contributed by atoms with Crippen LogP contribution in [-0.2, 0) is 22.4 Å². The number of primary amides is 1. The van der Waals surface area contributed by atoms with Gasteiger partial charge in [0, 0.05) is 36.3 Å². The molecular formula is C25H31N3O3. The molecule has 1 aliphatic heterocycles. The summed E-state index contributed by atoms with van der Waals surface area (Å²) >= 11 is 0. The Labute approximate surface area is 182 Å². The predicted molar refractivity (Wildman–Crippen MR) is 120 cm³/mol. The van der Waals surface area contributed by atoms with Crippen LogP contribution in [0.5, 0.6) is 0 Å². The number of carbonyl (C=O) groups excluding carboxylic acids is 2. The molecule has 1 saturated heterocycles. The molecule has 3 N–H and O–H groups in total. The van der Waals surface area contributed by atoms with Gasteiger partial charge in [-0.25, -0.2) is 0 Å². The van der Waals surface area contributed by atoms with E-state index in [1.807, 2.05) is 12.1 Å². The van der Waals surface area contributed by atoms with E-state index in [9.17, 15) is 9.59 Å². The van der Waals surface area contributed by atoms with Crippen LogP contribution >= 0.6 is 0 Å². The molecule has 2 atom stereocenters. The van der Waals surface area contributed by atoms with Crippen molar-refractivity contribution in [3.8, 4) is 0 Å². The Hall–Kier alpha value is -2.60. The maximum absolute atomic E-state index is 13.9. The predicted octanol–water partition coefficient (Wildman–Crippen LogP) is 3.49. The van der Waals surface area contributed by atoms with E-state index < -0.39 is 5.91 Å².